The first-order valence-corrected chi connectivity index (χ1v) is 11.5. The number of nitrogens with zero attached hydrogens (tertiary/aromatic N) is 2. The number of hydrogen-bond acceptors (Lipinski definition) is 6. The zero-order chi connectivity index (χ0) is 24.3. The lowest BCUT2D eigenvalue weighted by atomic mass is 9.97. The SMILES string of the molecule is CC(Cc1cccc(CC(=O)NCc2ccccn2)c1)NCC(C)c1ccc(N=O)c(CO)c1. The topological polar surface area (TPSA) is 104 Å². The van der Waals surface area contributed by atoms with Crippen LogP contribution in [0.1, 0.15) is 47.7 Å². The van der Waals surface area contributed by atoms with Crippen LogP contribution in [0.25, 0.3) is 0 Å². The minimum absolute atomic E-state index is 0.0270. The van der Waals surface area contributed by atoms with Crippen LogP contribution in [0.5, 0.6) is 0 Å². The minimum atomic E-state index is -0.205. The molecule has 0 fully saturated rings. The number of nitrogens with one attached hydrogen (secondary N) is 2. The number of nitroso groups, excluding NO2 is 1. The van der Waals surface area contributed by atoms with E-state index >= 15 is 0 Å². The van der Waals surface area contributed by atoms with E-state index in [0.717, 1.165) is 29.8 Å². The molecule has 1 heterocycles. The van der Waals surface area contributed by atoms with Gasteiger partial charge < -0.3 is 15.7 Å². The highest BCUT2D eigenvalue weighted by atomic mass is 16.3. The zero-order valence-corrected chi connectivity index (χ0v) is 19.7. The maximum Gasteiger partial charge on any atom is 0.224 e. The van der Waals surface area contributed by atoms with E-state index in [1.807, 2.05) is 42.5 Å². The molecule has 0 aliphatic heterocycles. The summed E-state index contributed by atoms with van der Waals surface area (Å²) in [4.78, 5) is 27.4. The number of hydrogen-bond donors (Lipinski definition) is 3. The van der Waals surface area contributed by atoms with Crippen LogP contribution < -0.4 is 10.6 Å². The van der Waals surface area contributed by atoms with Crippen LogP contribution in [0, 0.1) is 4.91 Å². The summed E-state index contributed by atoms with van der Waals surface area (Å²) in [7, 11) is 0. The fraction of sp³-hybridized carbons (Fsp3) is 0.333. The first-order chi connectivity index (χ1) is 16.5. The maximum atomic E-state index is 12.3. The van der Waals surface area contributed by atoms with E-state index in [1.54, 1.807) is 12.3 Å². The molecule has 2 aromatic carbocycles. The van der Waals surface area contributed by atoms with Gasteiger partial charge in [-0.25, -0.2) is 0 Å². The average molecular weight is 461 g/mol. The van der Waals surface area contributed by atoms with Crippen molar-refractivity contribution < 1.29 is 9.90 Å². The van der Waals surface area contributed by atoms with E-state index in [4.69, 9.17) is 0 Å². The lowest BCUT2D eigenvalue weighted by Gasteiger charge is -2.19. The summed E-state index contributed by atoms with van der Waals surface area (Å²) in [5.74, 6) is 0.184. The van der Waals surface area contributed by atoms with Crippen LogP contribution in [-0.4, -0.2) is 28.6 Å². The van der Waals surface area contributed by atoms with Crippen LogP contribution >= 0.6 is 0 Å². The maximum absolute atomic E-state index is 12.3. The van der Waals surface area contributed by atoms with Crippen LogP contribution in [-0.2, 0) is 30.8 Å². The van der Waals surface area contributed by atoms with Crippen molar-refractivity contribution in [1.29, 1.82) is 0 Å². The molecule has 0 saturated heterocycles. The van der Waals surface area contributed by atoms with Crippen LogP contribution in [0.4, 0.5) is 5.69 Å². The Balaban J connectivity index is 1.48. The molecular formula is C27H32N4O3. The summed E-state index contributed by atoms with van der Waals surface area (Å²) in [5.41, 5.74) is 4.87. The average Bonchev–Trinajstić information content (AvgIpc) is 2.86. The first kappa shape index (κ1) is 25.2. The number of amides is 1. The van der Waals surface area contributed by atoms with E-state index in [0.29, 0.717) is 18.5 Å². The van der Waals surface area contributed by atoms with E-state index in [9.17, 15) is 14.8 Å². The van der Waals surface area contributed by atoms with Crippen molar-refractivity contribution >= 4 is 11.6 Å². The molecule has 34 heavy (non-hydrogen) atoms. The number of aliphatic hydroxyl groups excluding tert-OH is 1. The second-order valence-electron chi connectivity index (χ2n) is 8.65. The third-order valence-electron chi connectivity index (χ3n) is 5.80. The molecule has 0 aliphatic rings. The Labute approximate surface area is 200 Å². The number of aliphatic hydroxyl groups is 1. The Morgan fingerprint density at radius 2 is 1.88 bits per heavy atom. The van der Waals surface area contributed by atoms with Crippen molar-refractivity contribution in [2.45, 2.75) is 51.8 Å². The summed E-state index contributed by atoms with van der Waals surface area (Å²) in [6.07, 6.45) is 2.89. The lowest BCUT2D eigenvalue weighted by molar-refractivity contribution is -0.120. The molecule has 3 N–H and O–H groups in total. The predicted octanol–water partition coefficient (Wildman–Crippen LogP) is 4.16. The van der Waals surface area contributed by atoms with Crippen molar-refractivity contribution in [2.24, 2.45) is 5.18 Å². The number of aromatic nitrogens is 1. The van der Waals surface area contributed by atoms with E-state index in [-0.39, 0.29) is 30.2 Å². The number of carbonyl (C=O) groups is 1. The highest BCUT2D eigenvalue weighted by Crippen LogP contribution is 2.24. The van der Waals surface area contributed by atoms with Crippen molar-refractivity contribution in [2.75, 3.05) is 6.54 Å². The zero-order valence-electron chi connectivity index (χ0n) is 19.7. The first-order valence-electron chi connectivity index (χ1n) is 11.5. The summed E-state index contributed by atoms with van der Waals surface area (Å²) in [6.45, 7) is 5.22. The van der Waals surface area contributed by atoms with Crippen LogP contribution in [0.3, 0.4) is 0 Å². The van der Waals surface area contributed by atoms with Gasteiger partial charge in [-0.05, 0) is 59.3 Å². The third kappa shape index (κ3) is 7.57. The molecule has 0 saturated carbocycles. The van der Waals surface area contributed by atoms with Gasteiger partial charge >= 0.3 is 0 Å². The Morgan fingerprint density at radius 1 is 1.06 bits per heavy atom. The molecule has 2 unspecified atom stereocenters. The highest BCUT2D eigenvalue weighted by molar-refractivity contribution is 5.78. The summed E-state index contributed by atoms with van der Waals surface area (Å²) in [6, 6.07) is 19.4. The Kier molecular flexibility index (Phi) is 9.43. The number of rotatable bonds is 12. The standard InChI is InChI=1S/C27H32N4O3/c1-19(23-9-10-26(31-34)24(15-23)18-32)16-29-20(2)12-21-6-5-7-22(13-21)14-27(33)30-17-25-8-3-4-11-28-25/h3-11,13,15,19-20,29,32H,12,14,16-18H2,1-2H3,(H,30,33). The number of pyridine rings is 1. The third-order valence-corrected chi connectivity index (χ3v) is 5.80. The molecule has 1 aromatic heterocycles. The van der Waals surface area contributed by atoms with Gasteiger partial charge in [0, 0.05) is 24.3 Å². The second kappa shape index (κ2) is 12.7. The molecule has 1 amide bonds. The molecule has 0 spiro atoms. The van der Waals surface area contributed by atoms with Crippen LogP contribution in [0.2, 0.25) is 0 Å². The summed E-state index contributed by atoms with van der Waals surface area (Å²) in [5, 5.41) is 18.9. The highest BCUT2D eigenvalue weighted by Gasteiger charge is 2.12. The van der Waals surface area contributed by atoms with Crippen LogP contribution in [0.15, 0.2) is 72.0 Å². The lowest BCUT2D eigenvalue weighted by Crippen LogP contribution is -2.31. The second-order valence-corrected chi connectivity index (χ2v) is 8.65. The van der Waals surface area contributed by atoms with E-state index < -0.39 is 0 Å². The Bertz CT molecular complexity index is 1090. The van der Waals surface area contributed by atoms with Gasteiger partial charge in [-0.15, -0.1) is 4.91 Å². The minimum Gasteiger partial charge on any atom is -0.392 e. The summed E-state index contributed by atoms with van der Waals surface area (Å²) >= 11 is 0. The van der Waals surface area contributed by atoms with Gasteiger partial charge in [-0.2, -0.15) is 0 Å². The van der Waals surface area contributed by atoms with Gasteiger partial charge in [-0.3, -0.25) is 9.78 Å². The molecule has 7 nitrogen and oxygen atoms in total. The van der Waals surface area contributed by atoms with E-state index in [2.05, 4.69) is 46.8 Å². The van der Waals surface area contributed by atoms with E-state index in [1.165, 1.54) is 5.56 Å². The molecule has 0 aliphatic carbocycles. The molecule has 0 radical (unpaired) electrons. The van der Waals surface area contributed by atoms with Gasteiger partial charge in [0.2, 0.25) is 5.91 Å². The van der Waals surface area contributed by atoms with Crippen molar-refractivity contribution in [1.82, 2.24) is 15.6 Å². The normalized spacial score (nSPS) is 12.7. The molecular weight excluding hydrogens is 428 g/mol. The van der Waals surface area contributed by atoms with Crippen molar-refractivity contribution in [3.8, 4) is 0 Å². The van der Waals surface area contributed by atoms with Gasteiger partial charge in [0.1, 0.15) is 5.69 Å². The largest absolute Gasteiger partial charge is 0.392 e. The molecule has 3 aromatic rings. The van der Waals surface area contributed by atoms with Gasteiger partial charge in [-0.1, -0.05) is 49.4 Å². The molecule has 3 rings (SSSR count). The smallest absolute Gasteiger partial charge is 0.224 e. The van der Waals surface area contributed by atoms with Gasteiger partial charge in [0.25, 0.3) is 0 Å². The number of carbonyl (C=O) groups excluding carboxylic acids is 1. The molecule has 7 heteroatoms. The fourth-order valence-corrected chi connectivity index (χ4v) is 3.86. The van der Waals surface area contributed by atoms with Crippen molar-refractivity contribution in [3.63, 3.8) is 0 Å². The van der Waals surface area contributed by atoms with Gasteiger partial charge in [0.15, 0.2) is 0 Å². The predicted molar refractivity (Wildman–Crippen MR) is 134 cm³/mol. The Morgan fingerprint density at radius 3 is 2.62 bits per heavy atom. The monoisotopic (exact) mass is 460 g/mol. The molecule has 2 atom stereocenters. The molecule has 0 bridgehead atoms. The van der Waals surface area contributed by atoms with Gasteiger partial charge in [0.05, 0.1) is 25.3 Å². The fourth-order valence-electron chi connectivity index (χ4n) is 3.86. The molecule has 178 valence electrons. The number of benzene rings is 2. The quantitative estimate of drug-likeness (QED) is 0.352. The van der Waals surface area contributed by atoms with Crippen molar-refractivity contribution in [3.05, 3.63) is 99.7 Å². The summed E-state index contributed by atoms with van der Waals surface area (Å²) < 4.78 is 0. The Hall–Kier alpha value is -3.42.